The van der Waals surface area contributed by atoms with Crippen molar-refractivity contribution in [3.05, 3.63) is 108 Å². The van der Waals surface area contributed by atoms with E-state index in [-0.39, 0.29) is 0 Å². The van der Waals surface area contributed by atoms with Crippen LogP contribution in [0.1, 0.15) is 17.0 Å². The first kappa shape index (κ1) is 18.8. The topological polar surface area (TPSA) is 4.93 Å². The molecule has 3 radical (unpaired) electrons. The summed E-state index contributed by atoms with van der Waals surface area (Å²) in [4.78, 5) is 0. The van der Waals surface area contributed by atoms with E-state index in [1.165, 1.54) is 38.6 Å². The van der Waals surface area contributed by atoms with Crippen molar-refractivity contribution in [2.45, 2.75) is 20.8 Å². The highest BCUT2D eigenvalue weighted by atomic mass is 31.2. The summed E-state index contributed by atoms with van der Waals surface area (Å²) in [5.41, 5.74) is 4.86. The van der Waals surface area contributed by atoms with Gasteiger partial charge in [0, 0.05) is 11.4 Å². The zero-order valence-electron chi connectivity index (χ0n) is 16.6. The molecule has 0 unspecified atom stereocenters. The minimum atomic E-state index is -2.22. The molecule has 28 heavy (non-hydrogen) atoms. The predicted octanol–water partition coefficient (Wildman–Crippen LogP) is 4.78. The zero-order chi connectivity index (χ0) is 19.7. The van der Waals surface area contributed by atoms with Crippen LogP contribution in [0.25, 0.3) is 5.69 Å². The molecule has 1 nitrogen and oxygen atoms in total. The molecule has 0 spiro atoms. The molecule has 3 aromatic carbocycles. The number of rotatable bonds is 4. The van der Waals surface area contributed by atoms with E-state index in [1.807, 2.05) is 0 Å². The summed E-state index contributed by atoms with van der Waals surface area (Å²) in [5, 5.41) is 3.64. The maximum atomic E-state index is 7.34. The third-order valence-electron chi connectivity index (χ3n) is 5.40. The Balaban J connectivity index is 1.96. The van der Waals surface area contributed by atoms with Gasteiger partial charge in [0.15, 0.2) is 0 Å². The van der Waals surface area contributed by atoms with Gasteiger partial charge in [-0.15, -0.1) is 7.14 Å². The quantitative estimate of drug-likeness (QED) is 0.355. The van der Waals surface area contributed by atoms with E-state index >= 15 is 0 Å². The van der Waals surface area contributed by atoms with Crippen molar-refractivity contribution in [1.82, 2.24) is 4.57 Å². The second kappa shape index (κ2) is 7.45. The molecular weight excluding hydrogens is 356 g/mol. The first-order chi connectivity index (χ1) is 13.5. The van der Waals surface area contributed by atoms with Gasteiger partial charge in [-0.25, -0.2) is 0 Å². The van der Waals surface area contributed by atoms with Gasteiger partial charge in [-0.2, -0.15) is 0 Å². The van der Waals surface area contributed by atoms with E-state index in [4.69, 9.17) is 7.57 Å². The Morgan fingerprint density at radius 2 is 1.18 bits per heavy atom. The van der Waals surface area contributed by atoms with Crippen LogP contribution in [-0.4, -0.2) is 12.1 Å². The third kappa shape index (κ3) is 3.13. The lowest BCUT2D eigenvalue weighted by Gasteiger charge is -2.36. The molecule has 0 N–H and O–H groups in total. The monoisotopic (exact) mass is 380 g/mol. The molecule has 4 rings (SSSR count). The largest absolute Gasteiger partial charge is 0.315 e. The molecule has 0 bridgehead atoms. The summed E-state index contributed by atoms with van der Waals surface area (Å²) in [7, 11) is 5.12. The summed E-state index contributed by atoms with van der Waals surface area (Å²) >= 11 is 0. The molecule has 1 heterocycles. The fourth-order valence-electron chi connectivity index (χ4n) is 3.95. The summed E-state index contributed by atoms with van der Waals surface area (Å²) in [5.74, 6) is 0. The van der Waals surface area contributed by atoms with Gasteiger partial charge in [0.05, 0.1) is 21.6 Å². The Hall–Kier alpha value is -2.57. The van der Waals surface area contributed by atoms with E-state index in [2.05, 4.69) is 116 Å². The number of hydrogen-bond donors (Lipinski definition) is 0. The van der Waals surface area contributed by atoms with Crippen molar-refractivity contribution in [2.75, 3.05) is 0 Å². The van der Waals surface area contributed by atoms with Gasteiger partial charge < -0.3 is 4.57 Å². The van der Waals surface area contributed by atoms with Crippen LogP contribution in [0, 0.1) is 20.8 Å². The predicted molar refractivity (Wildman–Crippen MR) is 124 cm³/mol. The summed E-state index contributed by atoms with van der Waals surface area (Å²) in [6, 6.07) is 32.1. The number of hydrogen-bond acceptors (Lipinski definition) is 0. The molecule has 137 valence electrons. The van der Waals surface area contributed by atoms with Gasteiger partial charge in [0.25, 0.3) is 0 Å². The van der Waals surface area contributed by atoms with Crippen LogP contribution >= 0.6 is 7.14 Å². The molecule has 0 aliphatic rings. The molecule has 4 aromatic rings. The maximum Gasteiger partial charge on any atom is 0.0727 e. The molecular formula is C25H24BNP. The molecule has 0 amide bonds. The van der Waals surface area contributed by atoms with Gasteiger partial charge in [-0.1, -0.05) is 54.1 Å². The minimum Gasteiger partial charge on any atom is -0.315 e. The van der Waals surface area contributed by atoms with Gasteiger partial charge in [-0.3, -0.25) is 7.57 Å². The summed E-state index contributed by atoms with van der Waals surface area (Å²) in [6.07, 6.45) is 0. The Labute approximate surface area is 169 Å². The lowest BCUT2D eigenvalue weighted by atomic mass is 10.2. The SMILES string of the molecule is [B-][P+](c1ccccc1)(c1ccccc1)c1cc(C)n(-c2ccc(C)cc2)c1C. The van der Waals surface area contributed by atoms with Crippen molar-refractivity contribution >= 4 is 30.6 Å². The Bertz CT molecular complexity index is 1040. The van der Waals surface area contributed by atoms with Crippen LogP contribution in [0.4, 0.5) is 0 Å². The molecule has 0 aliphatic heterocycles. The molecule has 3 heteroatoms. The second-order valence-corrected chi connectivity index (χ2v) is 10.3. The highest BCUT2D eigenvalue weighted by Gasteiger charge is 2.31. The van der Waals surface area contributed by atoms with E-state index in [0.717, 1.165) is 0 Å². The van der Waals surface area contributed by atoms with E-state index in [1.54, 1.807) is 0 Å². The van der Waals surface area contributed by atoms with Crippen molar-refractivity contribution in [3.8, 4) is 5.69 Å². The highest BCUT2D eigenvalue weighted by Crippen LogP contribution is 2.51. The number of nitrogens with zero attached hydrogens (tertiary/aromatic N) is 1. The zero-order valence-corrected chi connectivity index (χ0v) is 17.5. The standard InChI is InChI=1S/C25H24BNP/c1-19-14-16-22(17-15-19)27-20(2)18-25(21(27)3)28(26,23-10-6-4-7-11-23)24-12-8-5-9-13-24/h4-18H,1-3H3. The molecule has 0 aliphatic carbocycles. The molecule has 0 saturated carbocycles. The Morgan fingerprint density at radius 3 is 1.68 bits per heavy atom. The summed E-state index contributed by atoms with van der Waals surface area (Å²) in [6.45, 7) is 6.47. The van der Waals surface area contributed by atoms with Gasteiger partial charge >= 0.3 is 0 Å². The molecule has 0 fully saturated rings. The van der Waals surface area contributed by atoms with Crippen LogP contribution in [0.3, 0.4) is 0 Å². The smallest absolute Gasteiger partial charge is 0.0727 e. The van der Waals surface area contributed by atoms with E-state index in [0.29, 0.717) is 0 Å². The van der Waals surface area contributed by atoms with Crippen LogP contribution in [0.5, 0.6) is 0 Å². The number of aryl methyl sites for hydroxylation is 2. The van der Waals surface area contributed by atoms with Crippen molar-refractivity contribution in [2.24, 2.45) is 0 Å². The Morgan fingerprint density at radius 1 is 0.679 bits per heavy atom. The van der Waals surface area contributed by atoms with Crippen molar-refractivity contribution < 1.29 is 0 Å². The van der Waals surface area contributed by atoms with Crippen LogP contribution in [0.2, 0.25) is 0 Å². The Kier molecular flexibility index (Phi) is 5.00. The fourth-order valence-corrected chi connectivity index (χ4v) is 7.09. The number of aromatic nitrogens is 1. The van der Waals surface area contributed by atoms with Crippen molar-refractivity contribution in [1.29, 1.82) is 0 Å². The normalized spacial score (nSPS) is 11.6. The fraction of sp³-hybridized carbons (Fsp3) is 0.120. The average molecular weight is 380 g/mol. The number of benzene rings is 3. The average Bonchev–Trinajstić information content (AvgIpc) is 3.04. The van der Waals surface area contributed by atoms with E-state index in [9.17, 15) is 0 Å². The molecule has 0 saturated heterocycles. The maximum absolute atomic E-state index is 7.34. The first-order valence-electron chi connectivity index (χ1n) is 9.57. The second-order valence-electron chi connectivity index (χ2n) is 7.32. The van der Waals surface area contributed by atoms with Gasteiger partial charge in [0.1, 0.15) is 0 Å². The third-order valence-corrected chi connectivity index (χ3v) is 8.84. The van der Waals surface area contributed by atoms with Gasteiger partial charge in [-0.05, 0) is 63.2 Å². The van der Waals surface area contributed by atoms with Crippen LogP contribution < -0.4 is 15.9 Å². The van der Waals surface area contributed by atoms with E-state index < -0.39 is 7.14 Å². The molecule has 1 aromatic heterocycles. The highest BCUT2D eigenvalue weighted by molar-refractivity contribution is 8.13. The minimum absolute atomic E-state index is 1.18. The lowest BCUT2D eigenvalue weighted by Crippen LogP contribution is -2.32. The van der Waals surface area contributed by atoms with Gasteiger partial charge in [0.2, 0.25) is 0 Å². The molecule has 0 atom stereocenters. The lowest BCUT2D eigenvalue weighted by molar-refractivity contribution is 0.968. The van der Waals surface area contributed by atoms with Crippen LogP contribution in [-0.2, 0) is 0 Å². The first-order valence-corrected chi connectivity index (χ1v) is 11.4. The summed E-state index contributed by atoms with van der Waals surface area (Å²) < 4.78 is 2.32. The van der Waals surface area contributed by atoms with Crippen LogP contribution in [0.15, 0.2) is 91.0 Å². The van der Waals surface area contributed by atoms with Crippen molar-refractivity contribution in [3.63, 3.8) is 0 Å².